The summed E-state index contributed by atoms with van der Waals surface area (Å²) in [6.45, 7) is 12.1. The number of nitrogens with one attached hydrogen (secondary N) is 1. The number of nitrogens with zero attached hydrogens (tertiary/aromatic N) is 1. The van der Waals surface area contributed by atoms with Gasteiger partial charge in [-0.3, -0.25) is 0 Å². The Hall–Kier alpha value is -0.610. The van der Waals surface area contributed by atoms with Crippen molar-refractivity contribution in [1.29, 1.82) is 0 Å². The van der Waals surface area contributed by atoms with E-state index < -0.39 is 0 Å². The van der Waals surface area contributed by atoms with Crippen LogP contribution in [0, 0.1) is 19.8 Å². The maximum atomic E-state index is 5.48. The number of anilines is 1. The van der Waals surface area contributed by atoms with E-state index in [2.05, 4.69) is 31.1 Å². The van der Waals surface area contributed by atoms with Crippen LogP contribution < -0.4 is 5.32 Å². The molecule has 0 aliphatic heterocycles. The van der Waals surface area contributed by atoms with Crippen molar-refractivity contribution in [2.45, 2.75) is 40.7 Å². The highest BCUT2D eigenvalue weighted by Crippen LogP contribution is 2.23. The molecule has 1 unspecified atom stereocenters. The molecule has 0 fully saturated rings. The summed E-state index contributed by atoms with van der Waals surface area (Å²) in [7, 11) is 0. The second-order valence-electron chi connectivity index (χ2n) is 4.31. The van der Waals surface area contributed by atoms with E-state index in [1.54, 1.807) is 11.3 Å². The summed E-state index contributed by atoms with van der Waals surface area (Å²) < 4.78 is 5.48. The molecule has 0 radical (unpaired) electrons. The molecule has 0 bridgehead atoms. The standard InChI is InChI=1S/C12H22N2OS/c1-6-15-7-11(8(2)3)14-12-13-9(4)10(5)16-12/h8,11H,6-7H2,1-5H3,(H,13,14). The predicted molar refractivity (Wildman–Crippen MR) is 70.3 cm³/mol. The Morgan fingerprint density at radius 2 is 2.06 bits per heavy atom. The molecule has 1 aromatic heterocycles. The highest BCUT2D eigenvalue weighted by molar-refractivity contribution is 7.15. The molecule has 16 heavy (non-hydrogen) atoms. The molecule has 0 aliphatic rings. The number of ether oxygens (including phenoxy) is 1. The van der Waals surface area contributed by atoms with Crippen LogP contribution in [0.4, 0.5) is 5.13 Å². The lowest BCUT2D eigenvalue weighted by molar-refractivity contribution is 0.127. The van der Waals surface area contributed by atoms with Gasteiger partial charge in [-0.25, -0.2) is 4.98 Å². The van der Waals surface area contributed by atoms with Gasteiger partial charge in [-0.1, -0.05) is 13.8 Å². The normalized spacial score (nSPS) is 13.1. The Labute approximate surface area is 102 Å². The largest absolute Gasteiger partial charge is 0.380 e. The molecular formula is C12H22N2OS. The van der Waals surface area contributed by atoms with Gasteiger partial charge in [0.25, 0.3) is 0 Å². The van der Waals surface area contributed by atoms with Crippen LogP contribution in [0.15, 0.2) is 0 Å². The Balaban J connectivity index is 2.60. The Morgan fingerprint density at radius 1 is 1.38 bits per heavy atom. The molecule has 0 amide bonds. The summed E-state index contributed by atoms with van der Waals surface area (Å²) in [5, 5.41) is 4.47. The Kier molecular flexibility index (Phi) is 5.22. The fraction of sp³-hybridized carbons (Fsp3) is 0.750. The van der Waals surface area contributed by atoms with Crippen LogP contribution in [0.1, 0.15) is 31.3 Å². The van der Waals surface area contributed by atoms with Crippen molar-refractivity contribution < 1.29 is 4.74 Å². The van der Waals surface area contributed by atoms with Crippen LogP contribution in [0.25, 0.3) is 0 Å². The third-order valence-corrected chi connectivity index (χ3v) is 3.65. The molecule has 0 spiro atoms. The minimum Gasteiger partial charge on any atom is -0.380 e. The van der Waals surface area contributed by atoms with Crippen LogP contribution in [0.3, 0.4) is 0 Å². The smallest absolute Gasteiger partial charge is 0.183 e. The Morgan fingerprint density at radius 3 is 2.50 bits per heavy atom. The molecule has 0 saturated heterocycles. The molecular weight excluding hydrogens is 220 g/mol. The zero-order valence-electron chi connectivity index (χ0n) is 10.8. The minimum absolute atomic E-state index is 0.338. The molecule has 1 atom stereocenters. The van der Waals surface area contributed by atoms with Crippen molar-refractivity contribution in [3.63, 3.8) is 0 Å². The van der Waals surface area contributed by atoms with Gasteiger partial charge in [-0.15, -0.1) is 11.3 Å². The third kappa shape index (κ3) is 3.76. The molecule has 0 aliphatic carbocycles. The molecule has 1 heterocycles. The van der Waals surface area contributed by atoms with Crippen molar-refractivity contribution in [1.82, 2.24) is 4.98 Å². The second kappa shape index (κ2) is 6.21. The average Bonchev–Trinajstić information content (AvgIpc) is 2.52. The van der Waals surface area contributed by atoms with E-state index in [0.717, 1.165) is 24.0 Å². The van der Waals surface area contributed by atoms with Gasteiger partial charge in [-0.2, -0.15) is 0 Å². The lowest BCUT2D eigenvalue weighted by Gasteiger charge is -2.21. The molecule has 92 valence electrons. The van der Waals surface area contributed by atoms with Gasteiger partial charge < -0.3 is 10.1 Å². The van der Waals surface area contributed by atoms with Gasteiger partial charge >= 0.3 is 0 Å². The van der Waals surface area contributed by atoms with Crippen LogP contribution in [-0.4, -0.2) is 24.2 Å². The fourth-order valence-corrected chi connectivity index (χ4v) is 2.21. The summed E-state index contributed by atoms with van der Waals surface area (Å²) in [4.78, 5) is 5.77. The van der Waals surface area contributed by atoms with E-state index in [0.29, 0.717) is 12.0 Å². The zero-order chi connectivity index (χ0) is 12.1. The molecule has 0 saturated carbocycles. The monoisotopic (exact) mass is 242 g/mol. The molecule has 4 heteroatoms. The average molecular weight is 242 g/mol. The molecule has 1 aromatic rings. The van der Waals surface area contributed by atoms with Gasteiger partial charge in [0, 0.05) is 11.5 Å². The van der Waals surface area contributed by atoms with Crippen LogP contribution >= 0.6 is 11.3 Å². The molecule has 0 aromatic carbocycles. The van der Waals surface area contributed by atoms with Crippen LogP contribution in [0.2, 0.25) is 0 Å². The van der Waals surface area contributed by atoms with Crippen molar-refractivity contribution in [2.24, 2.45) is 5.92 Å². The highest BCUT2D eigenvalue weighted by atomic mass is 32.1. The quantitative estimate of drug-likeness (QED) is 0.831. The SMILES string of the molecule is CCOCC(Nc1nc(C)c(C)s1)C(C)C. The van der Waals surface area contributed by atoms with E-state index in [-0.39, 0.29) is 0 Å². The Bertz CT molecular complexity index is 303. The van der Waals surface area contributed by atoms with Crippen LogP contribution in [-0.2, 0) is 4.74 Å². The molecule has 1 N–H and O–H groups in total. The van der Waals surface area contributed by atoms with Crippen molar-refractivity contribution in [2.75, 3.05) is 18.5 Å². The number of hydrogen-bond acceptors (Lipinski definition) is 4. The van der Waals surface area contributed by atoms with Crippen molar-refractivity contribution >= 4 is 16.5 Å². The van der Waals surface area contributed by atoms with E-state index in [1.807, 2.05) is 13.8 Å². The summed E-state index contributed by atoms with van der Waals surface area (Å²) >= 11 is 1.72. The predicted octanol–water partition coefficient (Wildman–Crippen LogP) is 3.23. The maximum absolute atomic E-state index is 5.48. The highest BCUT2D eigenvalue weighted by Gasteiger charge is 2.15. The summed E-state index contributed by atoms with van der Waals surface area (Å²) in [5.41, 5.74) is 1.12. The first kappa shape index (κ1) is 13.5. The fourth-order valence-electron chi connectivity index (χ4n) is 1.34. The lowest BCUT2D eigenvalue weighted by Crippen LogP contribution is -2.30. The minimum atomic E-state index is 0.338. The second-order valence-corrected chi connectivity index (χ2v) is 5.52. The van der Waals surface area contributed by atoms with Gasteiger partial charge in [0.05, 0.1) is 18.3 Å². The molecule has 1 rings (SSSR count). The summed E-state index contributed by atoms with van der Waals surface area (Å²) in [6.07, 6.45) is 0. The third-order valence-electron chi connectivity index (χ3n) is 2.64. The van der Waals surface area contributed by atoms with Crippen molar-refractivity contribution in [3.8, 4) is 0 Å². The number of rotatable bonds is 6. The van der Waals surface area contributed by atoms with E-state index in [9.17, 15) is 0 Å². The number of thiazole rings is 1. The number of aromatic nitrogens is 1. The lowest BCUT2D eigenvalue weighted by atomic mass is 10.1. The summed E-state index contributed by atoms with van der Waals surface area (Å²) in [5.74, 6) is 0.538. The first-order valence-corrected chi connectivity index (χ1v) is 6.64. The summed E-state index contributed by atoms with van der Waals surface area (Å²) in [6, 6.07) is 0.338. The van der Waals surface area contributed by atoms with Crippen LogP contribution in [0.5, 0.6) is 0 Å². The number of aryl methyl sites for hydroxylation is 2. The van der Waals surface area contributed by atoms with E-state index in [4.69, 9.17) is 4.74 Å². The maximum Gasteiger partial charge on any atom is 0.183 e. The zero-order valence-corrected chi connectivity index (χ0v) is 11.6. The first-order valence-electron chi connectivity index (χ1n) is 5.82. The first-order chi connectivity index (χ1) is 7.54. The van der Waals surface area contributed by atoms with E-state index >= 15 is 0 Å². The van der Waals surface area contributed by atoms with Gasteiger partial charge in [-0.05, 0) is 26.7 Å². The van der Waals surface area contributed by atoms with Gasteiger partial charge in [0.15, 0.2) is 5.13 Å². The topological polar surface area (TPSA) is 34.1 Å². The number of hydrogen-bond donors (Lipinski definition) is 1. The molecule has 3 nitrogen and oxygen atoms in total. The van der Waals surface area contributed by atoms with E-state index in [1.165, 1.54) is 4.88 Å². The van der Waals surface area contributed by atoms with Crippen molar-refractivity contribution in [3.05, 3.63) is 10.6 Å². The van der Waals surface area contributed by atoms with Gasteiger partial charge in [0.1, 0.15) is 0 Å². The van der Waals surface area contributed by atoms with Gasteiger partial charge in [0.2, 0.25) is 0 Å².